The Bertz CT molecular complexity index is 1660. The number of nitrogens with one attached hydrogen (secondary N) is 1. The smallest absolute Gasteiger partial charge is 0.305 e. The Morgan fingerprint density at radius 1 is 0.394 bits per heavy atom. The molecule has 1 aliphatic heterocycles. The first kappa shape index (κ1) is 89.9. The highest BCUT2D eigenvalue weighted by atomic mass is 16.7. The summed E-state index contributed by atoms with van der Waals surface area (Å²) in [6, 6.07) is -0.805. The van der Waals surface area contributed by atoms with Crippen molar-refractivity contribution in [1.82, 2.24) is 5.32 Å². The third-order valence-corrected chi connectivity index (χ3v) is 19.7. The molecule has 0 aromatic heterocycles. The molecule has 0 bridgehead atoms. The minimum Gasteiger partial charge on any atom is -0.466 e. The van der Waals surface area contributed by atoms with Crippen molar-refractivity contribution < 1.29 is 49.3 Å². The lowest BCUT2D eigenvalue weighted by molar-refractivity contribution is -0.302. The molecule has 11 heteroatoms. The Morgan fingerprint density at radius 3 is 1.11 bits per heavy atom. The molecule has 1 amide bonds. The molecule has 7 atom stereocenters. The zero-order valence-electron chi connectivity index (χ0n) is 62.0. The number of rotatable bonds is 74. The largest absolute Gasteiger partial charge is 0.466 e. The molecule has 0 spiro atoms. The van der Waals surface area contributed by atoms with Gasteiger partial charge in [-0.2, -0.15) is 0 Å². The van der Waals surface area contributed by atoms with Gasteiger partial charge in [0, 0.05) is 12.8 Å². The van der Waals surface area contributed by atoms with Gasteiger partial charge in [-0.3, -0.25) is 9.59 Å². The lowest BCUT2D eigenvalue weighted by atomic mass is 9.99. The van der Waals surface area contributed by atoms with Crippen LogP contribution < -0.4 is 5.32 Å². The molecule has 0 aliphatic carbocycles. The van der Waals surface area contributed by atoms with Crippen molar-refractivity contribution in [3.63, 3.8) is 0 Å². The van der Waals surface area contributed by atoms with Crippen molar-refractivity contribution in [2.24, 2.45) is 0 Å². The van der Waals surface area contributed by atoms with Crippen molar-refractivity contribution in [3.05, 3.63) is 36.5 Å². The lowest BCUT2D eigenvalue weighted by Gasteiger charge is -2.40. The van der Waals surface area contributed by atoms with E-state index in [9.17, 15) is 35.1 Å². The first-order valence-corrected chi connectivity index (χ1v) is 41.3. The second-order valence-electron chi connectivity index (χ2n) is 28.8. The van der Waals surface area contributed by atoms with Crippen LogP contribution in [0.5, 0.6) is 0 Å². The Balaban J connectivity index is 1.87. The minimum atomic E-state index is -1.57. The maximum absolute atomic E-state index is 13.1. The van der Waals surface area contributed by atoms with E-state index in [-0.39, 0.29) is 18.5 Å². The van der Waals surface area contributed by atoms with Gasteiger partial charge >= 0.3 is 5.97 Å². The van der Waals surface area contributed by atoms with Crippen molar-refractivity contribution in [1.29, 1.82) is 0 Å². The van der Waals surface area contributed by atoms with Crippen LogP contribution in [-0.4, -0.2) is 100 Å². The molecule has 6 N–H and O–H groups in total. The van der Waals surface area contributed by atoms with Crippen molar-refractivity contribution in [2.75, 3.05) is 19.8 Å². The number of hydrogen-bond acceptors (Lipinski definition) is 10. The number of carbonyl (C=O) groups is 2. The van der Waals surface area contributed by atoms with Crippen molar-refractivity contribution in [3.8, 4) is 0 Å². The molecule has 554 valence electrons. The average Bonchev–Trinajstić information content (AvgIpc) is 0.901. The number of aliphatic hydroxyl groups is 5. The summed E-state index contributed by atoms with van der Waals surface area (Å²) in [6.45, 7) is 4.35. The Kier molecular flexibility index (Phi) is 69.0. The van der Waals surface area contributed by atoms with E-state index < -0.39 is 49.5 Å². The van der Waals surface area contributed by atoms with Gasteiger partial charge in [-0.25, -0.2) is 0 Å². The Labute approximate surface area is 581 Å². The van der Waals surface area contributed by atoms with Gasteiger partial charge in [-0.15, -0.1) is 0 Å². The minimum absolute atomic E-state index is 0.00420. The predicted molar refractivity (Wildman–Crippen MR) is 398 cm³/mol. The molecule has 1 heterocycles. The van der Waals surface area contributed by atoms with Gasteiger partial charge in [0.1, 0.15) is 24.4 Å². The third-order valence-electron chi connectivity index (χ3n) is 19.7. The maximum atomic E-state index is 13.1. The zero-order valence-corrected chi connectivity index (χ0v) is 62.0. The first-order valence-electron chi connectivity index (χ1n) is 41.3. The van der Waals surface area contributed by atoms with E-state index in [4.69, 9.17) is 14.2 Å². The molecule has 0 aromatic rings. The van der Waals surface area contributed by atoms with Crippen LogP contribution in [0.25, 0.3) is 0 Å². The van der Waals surface area contributed by atoms with E-state index in [1.54, 1.807) is 6.08 Å². The quantitative estimate of drug-likeness (QED) is 0.0195. The van der Waals surface area contributed by atoms with E-state index >= 15 is 0 Å². The van der Waals surface area contributed by atoms with Gasteiger partial charge in [0.2, 0.25) is 5.91 Å². The van der Waals surface area contributed by atoms with Crippen LogP contribution in [0.3, 0.4) is 0 Å². The van der Waals surface area contributed by atoms with E-state index in [0.29, 0.717) is 19.4 Å². The molecule has 7 unspecified atom stereocenters. The van der Waals surface area contributed by atoms with Crippen LogP contribution in [0.1, 0.15) is 418 Å². The van der Waals surface area contributed by atoms with Crippen LogP contribution >= 0.6 is 0 Å². The normalized spacial score (nSPS) is 17.5. The third kappa shape index (κ3) is 59.9. The fourth-order valence-electron chi connectivity index (χ4n) is 13.3. The summed E-state index contributed by atoms with van der Waals surface area (Å²) < 4.78 is 16.8. The SMILES string of the molecule is CCCC/C=C\C/C=C\CCCCCCCC(=O)OCCCCCCCCCCCCCCCCCCCCCCCCCCCCCCCCCCCCCCCCCC(=O)NC(COC1OC(CO)C(O)C(O)C1O)C(O)/C=C/CCCCCCCCCCCCC. The molecule has 94 heavy (non-hydrogen) atoms. The number of carbonyl (C=O) groups excluding carboxylic acids is 2. The predicted octanol–water partition coefficient (Wildman–Crippen LogP) is 22.5. The van der Waals surface area contributed by atoms with Crippen LogP contribution in [0.2, 0.25) is 0 Å². The molecular weight excluding hydrogens is 1170 g/mol. The summed E-state index contributed by atoms with van der Waals surface area (Å²) in [4.78, 5) is 25.2. The number of amides is 1. The molecule has 1 fully saturated rings. The summed E-state index contributed by atoms with van der Waals surface area (Å²) in [5.74, 6) is -0.169. The summed E-state index contributed by atoms with van der Waals surface area (Å²) in [5.41, 5.74) is 0. The molecule has 11 nitrogen and oxygen atoms in total. The van der Waals surface area contributed by atoms with E-state index in [0.717, 1.165) is 64.2 Å². The maximum Gasteiger partial charge on any atom is 0.305 e. The number of unbranched alkanes of at least 4 members (excludes halogenated alkanes) is 56. The summed E-state index contributed by atoms with van der Waals surface area (Å²) in [6.07, 6.45) is 84.8. The fraction of sp³-hybridized carbons (Fsp3) is 0.904. The number of esters is 1. The second kappa shape index (κ2) is 72.1. The van der Waals surface area contributed by atoms with Crippen molar-refractivity contribution in [2.45, 2.75) is 461 Å². The molecule has 0 radical (unpaired) electrons. The lowest BCUT2D eigenvalue weighted by Crippen LogP contribution is -2.60. The fourth-order valence-corrected chi connectivity index (χ4v) is 13.3. The number of allylic oxidation sites excluding steroid dienone is 5. The summed E-state index contributed by atoms with van der Waals surface area (Å²) in [5, 5.41) is 54.6. The molecule has 0 saturated carbocycles. The van der Waals surface area contributed by atoms with Crippen LogP contribution in [-0.2, 0) is 23.8 Å². The Morgan fingerprint density at radius 2 is 0.723 bits per heavy atom. The summed E-state index contributed by atoms with van der Waals surface area (Å²) in [7, 11) is 0. The molecule has 1 rings (SSSR count). The van der Waals surface area contributed by atoms with Crippen molar-refractivity contribution >= 4 is 11.9 Å². The van der Waals surface area contributed by atoms with Gasteiger partial charge in [0.25, 0.3) is 0 Å². The number of aliphatic hydroxyl groups excluding tert-OH is 5. The van der Waals surface area contributed by atoms with Gasteiger partial charge in [0.05, 0.1) is 32.0 Å². The van der Waals surface area contributed by atoms with Crippen LogP contribution in [0.4, 0.5) is 0 Å². The van der Waals surface area contributed by atoms with Gasteiger partial charge in [-0.05, 0) is 57.8 Å². The zero-order chi connectivity index (χ0) is 67.9. The highest BCUT2D eigenvalue weighted by Crippen LogP contribution is 2.24. The van der Waals surface area contributed by atoms with Gasteiger partial charge < -0.3 is 45.1 Å². The molecule has 0 aromatic carbocycles. The van der Waals surface area contributed by atoms with Crippen LogP contribution in [0, 0.1) is 0 Å². The number of hydrogen-bond donors (Lipinski definition) is 6. The molecule has 1 aliphatic rings. The highest BCUT2D eigenvalue weighted by molar-refractivity contribution is 5.76. The van der Waals surface area contributed by atoms with E-state index in [2.05, 4.69) is 43.5 Å². The van der Waals surface area contributed by atoms with E-state index in [1.165, 1.54) is 327 Å². The van der Waals surface area contributed by atoms with Gasteiger partial charge in [0.15, 0.2) is 6.29 Å². The highest BCUT2D eigenvalue weighted by Gasteiger charge is 2.44. The standard InChI is InChI=1S/C83H157NO10/c1-3-5-7-9-11-13-15-17-47-51-55-59-63-67-71-79(88)92-72-68-64-60-56-52-48-44-42-40-38-36-34-32-30-28-26-24-22-20-18-19-21-23-25-27-29-31-33-35-37-39-41-43-46-50-54-58-62-66-70-78(87)84-75(74-93-83-82(91)81(90)80(89)77(73-85)94-83)76(86)69-65-61-57-53-49-45-16-14-12-10-8-6-4-2/h9,11,15,17,65,69,75-77,80-83,85-86,89-91H,3-8,10,12-14,16,18-64,66-68,70-74H2,1-2H3,(H,84,87)/b11-9-,17-15-,69-65+. The number of ether oxygens (including phenoxy) is 3. The van der Waals surface area contributed by atoms with E-state index in [1.807, 2.05) is 6.08 Å². The van der Waals surface area contributed by atoms with Gasteiger partial charge in [-0.1, -0.05) is 384 Å². The molecule has 1 saturated heterocycles. The Hall–Kier alpha value is -2.12. The molecular formula is C83H157NO10. The first-order chi connectivity index (χ1) is 46.2. The second-order valence-corrected chi connectivity index (χ2v) is 28.8. The average molecular weight is 1330 g/mol. The topological polar surface area (TPSA) is 175 Å². The van der Waals surface area contributed by atoms with Crippen LogP contribution in [0.15, 0.2) is 36.5 Å². The summed E-state index contributed by atoms with van der Waals surface area (Å²) >= 11 is 0. The monoisotopic (exact) mass is 1330 g/mol.